The van der Waals surface area contributed by atoms with Crippen LogP contribution in [0.15, 0.2) is 42.7 Å². The van der Waals surface area contributed by atoms with Crippen molar-refractivity contribution >= 4 is 0 Å². The van der Waals surface area contributed by atoms with E-state index in [1.807, 2.05) is 12.4 Å². The molecule has 0 saturated carbocycles. The van der Waals surface area contributed by atoms with Gasteiger partial charge in [-0.1, -0.05) is 12.1 Å². The number of nitrogens with one attached hydrogen (secondary N) is 1. The molecule has 1 aromatic carbocycles. The molecule has 2 heterocycles. The van der Waals surface area contributed by atoms with Crippen LogP contribution in [0.5, 0.6) is 5.75 Å². The van der Waals surface area contributed by atoms with Crippen LogP contribution in [0.2, 0.25) is 0 Å². The number of hydrogen-bond donors (Lipinski definition) is 1. The van der Waals surface area contributed by atoms with Crippen LogP contribution in [0.25, 0.3) is 0 Å². The topological polar surface area (TPSA) is 34.1 Å². The Kier molecular flexibility index (Phi) is 4.28. The van der Waals surface area contributed by atoms with Crippen molar-refractivity contribution in [3.8, 4) is 5.75 Å². The van der Waals surface area contributed by atoms with E-state index in [0.29, 0.717) is 0 Å². The molecule has 0 saturated heterocycles. The number of nitrogens with zero attached hydrogens (tertiary/aromatic N) is 1. The summed E-state index contributed by atoms with van der Waals surface area (Å²) in [5.41, 5.74) is 4.09. The molecule has 3 rings (SSSR count). The van der Waals surface area contributed by atoms with E-state index in [-0.39, 0.29) is 0 Å². The van der Waals surface area contributed by atoms with Crippen molar-refractivity contribution in [3.05, 3.63) is 59.4 Å². The van der Waals surface area contributed by atoms with Gasteiger partial charge in [0.1, 0.15) is 5.75 Å². The highest BCUT2D eigenvalue weighted by atomic mass is 16.5. The quantitative estimate of drug-likeness (QED) is 0.817. The second-order valence-corrected chi connectivity index (χ2v) is 5.15. The van der Waals surface area contributed by atoms with Crippen LogP contribution in [0.4, 0.5) is 0 Å². The van der Waals surface area contributed by atoms with E-state index in [1.54, 1.807) is 0 Å². The van der Waals surface area contributed by atoms with Crippen LogP contribution in [0.1, 0.15) is 16.7 Å². The van der Waals surface area contributed by atoms with Gasteiger partial charge < -0.3 is 10.1 Å². The number of ether oxygens (including phenoxy) is 1. The van der Waals surface area contributed by atoms with Crippen LogP contribution in [0, 0.1) is 0 Å². The first-order valence-corrected chi connectivity index (χ1v) is 7.26. The number of rotatable bonds is 6. The number of aromatic nitrogens is 1. The Balaban J connectivity index is 1.40. The van der Waals surface area contributed by atoms with Crippen molar-refractivity contribution in [2.75, 3.05) is 19.7 Å². The minimum absolute atomic E-state index is 0.836. The molecule has 3 nitrogen and oxygen atoms in total. The third-order valence-corrected chi connectivity index (χ3v) is 3.68. The molecule has 2 aromatic rings. The smallest absolute Gasteiger partial charge is 0.122 e. The van der Waals surface area contributed by atoms with E-state index >= 15 is 0 Å². The number of fused-ring (bicyclic) bond motifs is 1. The van der Waals surface area contributed by atoms with Crippen molar-refractivity contribution in [1.29, 1.82) is 0 Å². The second-order valence-electron chi connectivity index (χ2n) is 5.15. The Bertz CT molecular complexity index is 554. The fourth-order valence-corrected chi connectivity index (χ4v) is 2.54. The van der Waals surface area contributed by atoms with Crippen LogP contribution in [0.3, 0.4) is 0 Å². The monoisotopic (exact) mass is 268 g/mol. The van der Waals surface area contributed by atoms with Gasteiger partial charge in [0.15, 0.2) is 0 Å². The molecule has 3 heteroatoms. The highest BCUT2D eigenvalue weighted by Crippen LogP contribution is 2.25. The predicted octanol–water partition coefficient (Wildman–Crippen LogP) is 2.39. The lowest BCUT2D eigenvalue weighted by molar-refractivity contribution is 0.357. The second kappa shape index (κ2) is 6.53. The largest absolute Gasteiger partial charge is 0.493 e. The fourth-order valence-electron chi connectivity index (χ4n) is 2.54. The summed E-state index contributed by atoms with van der Waals surface area (Å²) in [4.78, 5) is 4.03. The van der Waals surface area contributed by atoms with Gasteiger partial charge in [0, 0.05) is 18.8 Å². The normalized spacial score (nSPS) is 13.0. The molecule has 1 aliphatic heterocycles. The van der Waals surface area contributed by atoms with E-state index in [9.17, 15) is 0 Å². The first kappa shape index (κ1) is 13.1. The molecule has 20 heavy (non-hydrogen) atoms. The number of benzene rings is 1. The highest BCUT2D eigenvalue weighted by molar-refractivity contribution is 5.39. The molecular weight excluding hydrogens is 248 g/mol. The summed E-state index contributed by atoms with van der Waals surface area (Å²) in [6.45, 7) is 2.87. The van der Waals surface area contributed by atoms with Crippen molar-refractivity contribution in [3.63, 3.8) is 0 Å². The average Bonchev–Trinajstić information content (AvgIpc) is 2.95. The minimum Gasteiger partial charge on any atom is -0.493 e. The summed E-state index contributed by atoms with van der Waals surface area (Å²) in [7, 11) is 0. The fraction of sp³-hybridized carbons (Fsp3) is 0.353. The Morgan fingerprint density at radius 2 is 1.80 bits per heavy atom. The van der Waals surface area contributed by atoms with Gasteiger partial charge >= 0.3 is 0 Å². The lowest BCUT2D eigenvalue weighted by Crippen LogP contribution is -2.20. The van der Waals surface area contributed by atoms with Gasteiger partial charge in [0.25, 0.3) is 0 Å². The van der Waals surface area contributed by atoms with Gasteiger partial charge in [-0.05, 0) is 60.8 Å². The van der Waals surface area contributed by atoms with Crippen molar-refractivity contribution < 1.29 is 4.74 Å². The zero-order valence-electron chi connectivity index (χ0n) is 11.6. The van der Waals surface area contributed by atoms with Crippen LogP contribution < -0.4 is 10.1 Å². The maximum atomic E-state index is 5.52. The summed E-state index contributed by atoms with van der Waals surface area (Å²) >= 11 is 0. The van der Waals surface area contributed by atoms with Crippen LogP contribution in [-0.4, -0.2) is 24.7 Å². The Hall–Kier alpha value is -1.87. The van der Waals surface area contributed by atoms with E-state index in [4.69, 9.17) is 4.74 Å². The first-order chi connectivity index (χ1) is 9.92. The zero-order valence-corrected chi connectivity index (χ0v) is 11.6. The third-order valence-electron chi connectivity index (χ3n) is 3.68. The summed E-state index contributed by atoms with van der Waals surface area (Å²) in [6.07, 6.45) is 6.88. The van der Waals surface area contributed by atoms with Gasteiger partial charge in [-0.25, -0.2) is 0 Å². The molecule has 0 aliphatic carbocycles. The predicted molar refractivity (Wildman–Crippen MR) is 80.2 cm³/mol. The molecule has 0 bridgehead atoms. The summed E-state index contributed by atoms with van der Waals surface area (Å²) in [5.74, 6) is 1.07. The Morgan fingerprint density at radius 1 is 1.00 bits per heavy atom. The lowest BCUT2D eigenvalue weighted by atomic mass is 10.1. The van der Waals surface area contributed by atoms with E-state index in [0.717, 1.165) is 44.7 Å². The molecule has 1 aliphatic rings. The van der Waals surface area contributed by atoms with E-state index in [1.165, 1.54) is 16.7 Å². The van der Waals surface area contributed by atoms with Gasteiger partial charge in [0.2, 0.25) is 0 Å². The molecule has 0 amide bonds. The van der Waals surface area contributed by atoms with E-state index < -0.39 is 0 Å². The van der Waals surface area contributed by atoms with E-state index in [2.05, 4.69) is 40.6 Å². The zero-order chi connectivity index (χ0) is 13.6. The molecule has 1 N–H and O–H groups in total. The molecule has 0 unspecified atom stereocenters. The molecule has 1 aromatic heterocycles. The number of hydrogen-bond acceptors (Lipinski definition) is 3. The number of pyridine rings is 1. The molecule has 104 valence electrons. The van der Waals surface area contributed by atoms with Crippen LogP contribution >= 0.6 is 0 Å². The SMILES string of the molecule is c1cc(CCNCCc2ccc3c(c2)CCO3)ccn1. The Labute approximate surface area is 120 Å². The minimum atomic E-state index is 0.836. The average molecular weight is 268 g/mol. The molecular formula is C17H20N2O. The van der Waals surface area contributed by atoms with Crippen LogP contribution in [-0.2, 0) is 19.3 Å². The maximum absolute atomic E-state index is 5.52. The molecule has 0 spiro atoms. The van der Waals surface area contributed by atoms with Gasteiger partial charge in [-0.15, -0.1) is 0 Å². The third kappa shape index (κ3) is 3.36. The first-order valence-electron chi connectivity index (χ1n) is 7.26. The summed E-state index contributed by atoms with van der Waals surface area (Å²) in [6, 6.07) is 10.7. The standard InChI is InChI=1S/C17H20N2O/c1-2-17-16(7-12-20-17)13-15(1)6-11-19-10-5-14-3-8-18-9-4-14/h1-4,8-9,13,19H,5-7,10-12H2. The van der Waals surface area contributed by atoms with Crippen molar-refractivity contribution in [1.82, 2.24) is 10.3 Å². The van der Waals surface area contributed by atoms with Crippen molar-refractivity contribution in [2.24, 2.45) is 0 Å². The van der Waals surface area contributed by atoms with Gasteiger partial charge in [-0.2, -0.15) is 0 Å². The summed E-state index contributed by atoms with van der Waals surface area (Å²) < 4.78 is 5.52. The molecule has 0 radical (unpaired) electrons. The Morgan fingerprint density at radius 3 is 2.65 bits per heavy atom. The van der Waals surface area contributed by atoms with Gasteiger partial charge in [0.05, 0.1) is 6.61 Å². The van der Waals surface area contributed by atoms with Gasteiger partial charge in [-0.3, -0.25) is 4.98 Å². The maximum Gasteiger partial charge on any atom is 0.122 e. The highest BCUT2D eigenvalue weighted by Gasteiger charge is 2.11. The van der Waals surface area contributed by atoms with Crippen molar-refractivity contribution in [2.45, 2.75) is 19.3 Å². The summed E-state index contributed by atoms with van der Waals surface area (Å²) in [5, 5.41) is 3.50. The molecule has 0 fully saturated rings. The lowest BCUT2D eigenvalue weighted by Gasteiger charge is -2.06. The molecule has 0 atom stereocenters.